The zero-order chi connectivity index (χ0) is 14.4. The van der Waals surface area contributed by atoms with Crippen molar-refractivity contribution in [2.75, 3.05) is 17.2 Å². The summed E-state index contributed by atoms with van der Waals surface area (Å²) in [7, 11) is 0. The lowest BCUT2D eigenvalue weighted by Crippen LogP contribution is -2.17. The van der Waals surface area contributed by atoms with Crippen molar-refractivity contribution in [1.82, 2.24) is 9.97 Å². The summed E-state index contributed by atoms with van der Waals surface area (Å²) < 4.78 is 0. The molecule has 4 heteroatoms. The van der Waals surface area contributed by atoms with E-state index >= 15 is 0 Å². The van der Waals surface area contributed by atoms with Gasteiger partial charge in [-0.3, -0.25) is 0 Å². The molecular formula is C16H28N4. The van der Waals surface area contributed by atoms with E-state index in [-0.39, 0.29) is 0 Å². The van der Waals surface area contributed by atoms with Crippen LogP contribution in [0.25, 0.3) is 0 Å². The van der Waals surface area contributed by atoms with E-state index in [9.17, 15) is 0 Å². The maximum Gasteiger partial charge on any atom is 0.136 e. The monoisotopic (exact) mass is 276 g/mol. The number of nitrogens with one attached hydrogen (secondary N) is 2. The van der Waals surface area contributed by atoms with Crippen molar-refractivity contribution in [2.24, 2.45) is 0 Å². The van der Waals surface area contributed by atoms with Gasteiger partial charge in [-0.25, -0.2) is 9.97 Å². The van der Waals surface area contributed by atoms with Crippen LogP contribution in [-0.2, 0) is 0 Å². The minimum Gasteiger partial charge on any atom is -0.370 e. The first-order chi connectivity index (χ1) is 9.72. The van der Waals surface area contributed by atoms with Crippen molar-refractivity contribution in [2.45, 2.75) is 71.3 Å². The molecule has 1 aliphatic carbocycles. The number of rotatable bonds is 9. The van der Waals surface area contributed by atoms with Gasteiger partial charge in [0.25, 0.3) is 0 Å². The number of aromatic nitrogens is 2. The zero-order valence-corrected chi connectivity index (χ0v) is 13.1. The Morgan fingerprint density at radius 3 is 2.60 bits per heavy atom. The molecule has 0 bridgehead atoms. The molecule has 1 fully saturated rings. The van der Waals surface area contributed by atoms with Gasteiger partial charge in [-0.2, -0.15) is 0 Å². The molecular weight excluding hydrogens is 248 g/mol. The highest BCUT2D eigenvalue weighted by Gasteiger charge is 2.27. The molecule has 112 valence electrons. The molecule has 2 N–H and O–H groups in total. The predicted octanol–water partition coefficient (Wildman–Crippen LogP) is 4.17. The minimum absolute atomic E-state index is 0.470. The van der Waals surface area contributed by atoms with Gasteiger partial charge in [-0.15, -0.1) is 0 Å². The Hall–Kier alpha value is -1.32. The molecule has 0 radical (unpaired) electrons. The fraction of sp³-hybridized carbons (Fsp3) is 0.750. The molecule has 20 heavy (non-hydrogen) atoms. The predicted molar refractivity (Wildman–Crippen MR) is 85.4 cm³/mol. The first-order valence-corrected chi connectivity index (χ1v) is 8.12. The van der Waals surface area contributed by atoms with Crippen molar-refractivity contribution in [1.29, 1.82) is 0 Å². The molecule has 2 rings (SSSR count). The zero-order valence-electron chi connectivity index (χ0n) is 13.1. The summed E-state index contributed by atoms with van der Waals surface area (Å²) in [5.41, 5.74) is 0. The standard InChI is InChI=1S/C16H28N4/c1-4-6-7-8-12(3)18-15-11-14(17-5-2)19-16(20-15)13-9-10-13/h11-13H,4-10H2,1-3H3,(H2,17,18,19,20). The van der Waals surface area contributed by atoms with E-state index in [1.54, 1.807) is 0 Å². The highest BCUT2D eigenvalue weighted by atomic mass is 15.1. The van der Waals surface area contributed by atoms with Crippen molar-refractivity contribution in [3.05, 3.63) is 11.9 Å². The summed E-state index contributed by atoms with van der Waals surface area (Å²) in [6, 6.07) is 2.50. The number of hydrogen-bond donors (Lipinski definition) is 2. The Morgan fingerprint density at radius 1 is 1.20 bits per heavy atom. The summed E-state index contributed by atoms with van der Waals surface area (Å²) in [6.07, 6.45) is 7.54. The fourth-order valence-corrected chi connectivity index (χ4v) is 2.36. The molecule has 1 saturated carbocycles. The second kappa shape index (κ2) is 7.46. The third kappa shape index (κ3) is 4.66. The van der Waals surface area contributed by atoms with Gasteiger partial charge in [0.15, 0.2) is 0 Å². The Kier molecular flexibility index (Phi) is 5.62. The van der Waals surface area contributed by atoms with Crippen LogP contribution in [0, 0.1) is 0 Å². The number of nitrogens with zero attached hydrogens (tertiary/aromatic N) is 2. The van der Waals surface area contributed by atoms with E-state index < -0.39 is 0 Å². The summed E-state index contributed by atoms with van der Waals surface area (Å²) in [5, 5.41) is 6.84. The van der Waals surface area contributed by atoms with Crippen LogP contribution in [0.3, 0.4) is 0 Å². The van der Waals surface area contributed by atoms with Crippen LogP contribution < -0.4 is 10.6 Å². The van der Waals surface area contributed by atoms with Crippen LogP contribution in [0.1, 0.15) is 71.0 Å². The van der Waals surface area contributed by atoms with Crippen LogP contribution in [-0.4, -0.2) is 22.6 Å². The Labute approximate surface area is 122 Å². The summed E-state index contributed by atoms with van der Waals surface area (Å²) in [6.45, 7) is 7.47. The molecule has 1 aromatic rings. The van der Waals surface area contributed by atoms with Crippen molar-refractivity contribution < 1.29 is 0 Å². The second-order valence-electron chi connectivity index (χ2n) is 5.84. The van der Waals surface area contributed by atoms with Gasteiger partial charge in [0.05, 0.1) is 0 Å². The van der Waals surface area contributed by atoms with Gasteiger partial charge in [0.1, 0.15) is 17.5 Å². The summed E-state index contributed by atoms with van der Waals surface area (Å²) in [4.78, 5) is 9.29. The highest BCUT2D eigenvalue weighted by Crippen LogP contribution is 2.38. The van der Waals surface area contributed by atoms with Gasteiger partial charge in [0.2, 0.25) is 0 Å². The number of unbranched alkanes of at least 4 members (excludes halogenated alkanes) is 2. The third-order valence-corrected chi connectivity index (χ3v) is 3.68. The average Bonchev–Trinajstić information content (AvgIpc) is 3.23. The second-order valence-corrected chi connectivity index (χ2v) is 5.84. The van der Waals surface area contributed by atoms with Gasteiger partial charge >= 0.3 is 0 Å². The molecule has 0 amide bonds. The average molecular weight is 276 g/mol. The normalized spacial score (nSPS) is 15.9. The van der Waals surface area contributed by atoms with E-state index in [0.717, 1.165) is 24.0 Å². The minimum atomic E-state index is 0.470. The van der Waals surface area contributed by atoms with Crippen LogP contribution in [0.15, 0.2) is 6.07 Å². The number of hydrogen-bond acceptors (Lipinski definition) is 4. The Morgan fingerprint density at radius 2 is 1.95 bits per heavy atom. The fourth-order valence-electron chi connectivity index (χ4n) is 2.36. The highest BCUT2D eigenvalue weighted by molar-refractivity contribution is 5.48. The molecule has 4 nitrogen and oxygen atoms in total. The maximum absolute atomic E-state index is 4.68. The van der Waals surface area contributed by atoms with Crippen molar-refractivity contribution >= 4 is 11.6 Å². The SMILES string of the molecule is CCCCCC(C)Nc1cc(NCC)nc(C2CC2)n1. The quantitative estimate of drug-likeness (QED) is 0.665. The molecule has 1 aromatic heterocycles. The summed E-state index contributed by atoms with van der Waals surface area (Å²) >= 11 is 0. The lowest BCUT2D eigenvalue weighted by molar-refractivity contribution is 0.613. The smallest absolute Gasteiger partial charge is 0.136 e. The van der Waals surface area contributed by atoms with Crippen molar-refractivity contribution in [3.63, 3.8) is 0 Å². The van der Waals surface area contributed by atoms with Crippen LogP contribution in [0.5, 0.6) is 0 Å². The summed E-state index contributed by atoms with van der Waals surface area (Å²) in [5.74, 6) is 3.52. The Balaban J connectivity index is 1.98. The molecule has 0 aliphatic heterocycles. The largest absolute Gasteiger partial charge is 0.370 e. The topological polar surface area (TPSA) is 49.8 Å². The van der Waals surface area contributed by atoms with Gasteiger partial charge < -0.3 is 10.6 Å². The van der Waals surface area contributed by atoms with Gasteiger partial charge in [-0.1, -0.05) is 26.2 Å². The van der Waals surface area contributed by atoms with Gasteiger partial charge in [-0.05, 0) is 33.1 Å². The molecule has 0 spiro atoms. The number of anilines is 2. The molecule has 0 aromatic carbocycles. The molecule has 1 aliphatic rings. The third-order valence-electron chi connectivity index (χ3n) is 3.68. The van der Waals surface area contributed by atoms with E-state index in [2.05, 4.69) is 41.4 Å². The first kappa shape index (κ1) is 15.1. The lowest BCUT2D eigenvalue weighted by Gasteiger charge is -2.16. The Bertz CT molecular complexity index is 415. The molecule has 1 unspecified atom stereocenters. The maximum atomic E-state index is 4.68. The molecule has 0 saturated heterocycles. The van der Waals surface area contributed by atoms with Crippen LogP contribution in [0.4, 0.5) is 11.6 Å². The van der Waals surface area contributed by atoms with Crippen LogP contribution in [0.2, 0.25) is 0 Å². The van der Waals surface area contributed by atoms with Gasteiger partial charge in [0, 0.05) is 24.6 Å². The van der Waals surface area contributed by atoms with Crippen LogP contribution >= 0.6 is 0 Å². The first-order valence-electron chi connectivity index (χ1n) is 8.12. The van der Waals surface area contributed by atoms with E-state index in [4.69, 9.17) is 0 Å². The van der Waals surface area contributed by atoms with E-state index in [1.165, 1.54) is 38.5 Å². The molecule has 1 atom stereocenters. The van der Waals surface area contributed by atoms with E-state index in [1.807, 2.05) is 6.07 Å². The molecule has 1 heterocycles. The van der Waals surface area contributed by atoms with E-state index in [0.29, 0.717) is 12.0 Å². The lowest BCUT2D eigenvalue weighted by atomic mass is 10.1. The van der Waals surface area contributed by atoms with Crippen molar-refractivity contribution in [3.8, 4) is 0 Å².